The molecule has 0 aliphatic heterocycles. The molecular formula is C8H17O5P. The van der Waals surface area contributed by atoms with Gasteiger partial charge >= 0.3 is 13.6 Å². The average Bonchev–Trinajstić information content (AvgIpc) is 2.18. The molecule has 0 amide bonds. The summed E-state index contributed by atoms with van der Waals surface area (Å²) in [5, 5.41) is 0. The average molecular weight is 224 g/mol. The van der Waals surface area contributed by atoms with Crippen LogP contribution in [0, 0.1) is 0 Å². The molecule has 0 aromatic rings. The van der Waals surface area contributed by atoms with Crippen LogP contribution in [-0.2, 0) is 23.1 Å². The number of hydrogen-bond acceptors (Lipinski definition) is 5. The number of esters is 1. The quantitative estimate of drug-likeness (QED) is 0.375. The molecule has 1 atom stereocenters. The topological polar surface area (TPSA) is 61.8 Å². The maximum atomic E-state index is 11.7. The molecule has 0 aliphatic carbocycles. The molecule has 6 heteroatoms. The van der Waals surface area contributed by atoms with Crippen LogP contribution in [0.15, 0.2) is 0 Å². The van der Waals surface area contributed by atoms with E-state index in [0.717, 1.165) is 12.8 Å². The number of methoxy groups -OCH3 is 1. The third kappa shape index (κ3) is 5.37. The molecule has 0 bridgehead atoms. The summed E-state index contributed by atoms with van der Waals surface area (Å²) in [7, 11) is -0.787. The fourth-order valence-corrected chi connectivity index (χ4v) is 1.91. The second-order valence-electron chi connectivity index (χ2n) is 2.71. The van der Waals surface area contributed by atoms with E-state index in [-0.39, 0.29) is 6.16 Å². The molecule has 0 radical (unpaired) electrons. The minimum Gasteiger partial charge on any atom is -0.469 e. The Hall–Kier alpha value is -0.380. The Bertz CT molecular complexity index is 216. The summed E-state index contributed by atoms with van der Waals surface area (Å²) >= 11 is 0. The van der Waals surface area contributed by atoms with E-state index in [9.17, 15) is 9.36 Å². The Labute approximate surface area is 84.3 Å². The lowest BCUT2D eigenvalue weighted by Crippen LogP contribution is -2.10. The van der Waals surface area contributed by atoms with Crippen LogP contribution < -0.4 is 0 Å². The Morgan fingerprint density at radius 1 is 1.36 bits per heavy atom. The number of unbranched alkanes of at least 4 members (excludes halogenated alkanes) is 1. The normalized spacial score (nSPS) is 14.8. The monoisotopic (exact) mass is 224 g/mol. The number of rotatable bonds is 7. The Kier molecular flexibility index (Phi) is 6.79. The molecule has 0 saturated heterocycles. The molecule has 0 heterocycles. The van der Waals surface area contributed by atoms with E-state index in [1.807, 2.05) is 6.92 Å². The van der Waals surface area contributed by atoms with Crippen molar-refractivity contribution in [3.63, 3.8) is 0 Å². The van der Waals surface area contributed by atoms with Crippen LogP contribution >= 0.6 is 7.60 Å². The highest BCUT2D eigenvalue weighted by Gasteiger charge is 2.27. The SMILES string of the molecule is CCCCOP(=O)(CC(=O)OC)OC. The molecule has 0 aromatic carbocycles. The number of ether oxygens (including phenoxy) is 1. The number of carbonyl (C=O) groups is 1. The van der Waals surface area contributed by atoms with E-state index < -0.39 is 13.6 Å². The third-order valence-corrected chi connectivity index (χ3v) is 3.39. The Morgan fingerprint density at radius 3 is 2.43 bits per heavy atom. The van der Waals surface area contributed by atoms with Crippen LogP contribution in [0.3, 0.4) is 0 Å². The lowest BCUT2D eigenvalue weighted by molar-refractivity contribution is -0.137. The fraction of sp³-hybridized carbons (Fsp3) is 0.875. The van der Waals surface area contributed by atoms with E-state index >= 15 is 0 Å². The van der Waals surface area contributed by atoms with Crippen molar-refractivity contribution in [2.45, 2.75) is 19.8 Å². The third-order valence-electron chi connectivity index (χ3n) is 1.61. The second kappa shape index (κ2) is 6.98. The summed E-state index contributed by atoms with van der Waals surface area (Å²) in [4.78, 5) is 10.9. The van der Waals surface area contributed by atoms with Crippen LogP contribution in [0.1, 0.15) is 19.8 Å². The predicted molar refractivity (Wildman–Crippen MR) is 52.4 cm³/mol. The van der Waals surface area contributed by atoms with Crippen molar-refractivity contribution in [2.75, 3.05) is 27.0 Å². The molecule has 5 nitrogen and oxygen atoms in total. The molecule has 84 valence electrons. The van der Waals surface area contributed by atoms with Gasteiger partial charge in [-0.3, -0.25) is 9.36 Å². The van der Waals surface area contributed by atoms with E-state index in [1.54, 1.807) is 0 Å². The maximum Gasteiger partial charge on any atom is 0.341 e. The number of hydrogen-bond donors (Lipinski definition) is 0. The summed E-state index contributed by atoms with van der Waals surface area (Å²) in [6, 6.07) is 0. The molecule has 0 N–H and O–H groups in total. The summed E-state index contributed by atoms with van der Waals surface area (Å²) in [6.07, 6.45) is 1.39. The second-order valence-corrected chi connectivity index (χ2v) is 4.88. The fourth-order valence-electron chi connectivity index (χ4n) is 0.734. The lowest BCUT2D eigenvalue weighted by atomic mass is 10.4. The molecule has 0 saturated carbocycles. The highest BCUT2D eigenvalue weighted by atomic mass is 31.2. The van der Waals surface area contributed by atoms with Crippen molar-refractivity contribution >= 4 is 13.6 Å². The van der Waals surface area contributed by atoms with Crippen LogP contribution in [-0.4, -0.2) is 33.0 Å². The van der Waals surface area contributed by atoms with Gasteiger partial charge in [0.1, 0.15) is 6.16 Å². The van der Waals surface area contributed by atoms with Crippen molar-refractivity contribution in [1.82, 2.24) is 0 Å². The highest BCUT2D eigenvalue weighted by molar-refractivity contribution is 7.54. The van der Waals surface area contributed by atoms with Crippen LogP contribution in [0.5, 0.6) is 0 Å². The maximum absolute atomic E-state index is 11.7. The van der Waals surface area contributed by atoms with E-state index in [0.29, 0.717) is 6.61 Å². The first-order valence-electron chi connectivity index (χ1n) is 4.44. The predicted octanol–water partition coefficient (Wildman–Crippen LogP) is 1.82. The van der Waals surface area contributed by atoms with Gasteiger partial charge in [0.2, 0.25) is 0 Å². The Morgan fingerprint density at radius 2 is 2.00 bits per heavy atom. The molecular weight excluding hydrogens is 207 g/mol. The van der Waals surface area contributed by atoms with Gasteiger partial charge in [-0.2, -0.15) is 0 Å². The zero-order valence-corrected chi connectivity index (χ0v) is 9.71. The molecule has 14 heavy (non-hydrogen) atoms. The summed E-state index contributed by atoms with van der Waals surface area (Å²) < 4.78 is 25.8. The minimum absolute atomic E-state index is 0.330. The van der Waals surface area contributed by atoms with Crippen molar-refractivity contribution in [3.8, 4) is 0 Å². The van der Waals surface area contributed by atoms with Crippen molar-refractivity contribution in [2.24, 2.45) is 0 Å². The molecule has 0 aromatic heterocycles. The molecule has 0 fully saturated rings. The van der Waals surface area contributed by atoms with Gasteiger partial charge in [0.05, 0.1) is 13.7 Å². The standard InChI is InChI=1S/C8H17O5P/c1-4-5-6-13-14(10,12-3)7-8(9)11-2/h4-7H2,1-3H3. The lowest BCUT2D eigenvalue weighted by Gasteiger charge is -2.14. The first-order valence-corrected chi connectivity index (χ1v) is 6.17. The van der Waals surface area contributed by atoms with Gasteiger partial charge in [-0.15, -0.1) is 0 Å². The van der Waals surface area contributed by atoms with Gasteiger partial charge < -0.3 is 13.8 Å². The van der Waals surface area contributed by atoms with Gasteiger partial charge in [-0.25, -0.2) is 0 Å². The molecule has 0 rings (SSSR count). The van der Waals surface area contributed by atoms with Crippen molar-refractivity contribution in [1.29, 1.82) is 0 Å². The van der Waals surface area contributed by atoms with Gasteiger partial charge in [-0.1, -0.05) is 13.3 Å². The van der Waals surface area contributed by atoms with Crippen LogP contribution in [0.25, 0.3) is 0 Å². The smallest absolute Gasteiger partial charge is 0.341 e. The molecule has 0 aliphatic rings. The molecule has 1 unspecified atom stereocenters. The van der Waals surface area contributed by atoms with Crippen LogP contribution in [0.4, 0.5) is 0 Å². The zero-order chi connectivity index (χ0) is 11.0. The van der Waals surface area contributed by atoms with Crippen molar-refractivity contribution in [3.05, 3.63) is 0 Å². The minimum atomic E-state index is -3.28. The van der Waals surface area contributed by atoms with E-state index in [4.69, 9.17) is 4.52 Å². The largest absolute Gasteiger partial charge is 0.469 e. The van der Waals surface area contributed by atoms with Crippen LogP contribution in [0.2, 0.25) is 0 Å². The van der Waals surface area contributed by atoms with Crippen molar-refractivity contribution < 1.29 is 23.1 Å². The molecule has 0 spiro atoms. The first kappa shape index (κ1) is 13.6. The van der Waals surface area contributed by atoms with Gasteiger partial charge in [0.25, 0.3) is 0 Å². The zero-order valence-electron chi connectivity index (χ0n) is 8.82. The summed E-state index contributed by atoms with van der Waals surface area (Å²) in [6.45, 7) is 2.32. The highest BCUT2D eigenvalue weighted by Crippen LogP contribution is 2.47. The van der Waals surface area contributed by atoms with Gasteiger partial charge in [-0.05, 0) is 6.42 Å². The van der Waals surface area contributed by atoms with E-state index in [1.165, 1.54) is 14.2 Å². The van der Waals surface area contributed by atoms with Gasteiger partial charge in [0, 0.05) is 7.11 Å². The first-order chi connectivity index (χ1) is 6.58. The Balaban J connectivity index is 4.05. The summed E-state index contributed by atoms with van der Waals surface area (Å²) in [5.74, 6) is -0.591. The summed E-state index contributed by atoms with van der Waals surface area (Å²) in [5.41, 5.74) is 0. The van der Waals surface area contributed by atoms with Gasteiger partial charge in [0.15, 0.2) is 0 Å². The van der Waals surface area contributed by atoms with E-state index in [2.05, 4.69) is 9.26 Å². The number of carbonyl (C=O) groups excluding carboxylic acids is 1.